The zero-order valence-electron chi connectivity index (χ0n) is 15.2. The lowest BCUT2D eigenvalue weighted by Gasteiger charge is -2.24. The van der Waals surface area contributed by atoms with Gasteiger partial charge in [-0.3, -0.25) is 4.79 Å². The van der Waals surface area contributed by atoms with Crippen LogP contribution in [0.25, 0.3) is 11.1 Å². The first-order valence-corrected chi connectivity index (χ1v) is 8.97. The Labute approximate surface area is 153 Å². The first-order valence-electron chi connectivity index (χ1n) is 8.97. The average Bonchev–Trinajstić information content (AvgIpc) is 3.19. The van der Waals surface area contributed by atoms with Crippen LogP contribution in [-0.4, -0.2) is 43.7 Å². The maximum atomic E-state index is 13.7. The van der Waals surface area contributed by atoms with Crippen molar-refractivity contribution in [3.63, 3.8) is 0 Å². The number of likely N-dealkylation sites (N-methyl/N-ethyl adjacent to an activating group) is 1. The number of halogens is 1. The summed E-state index contributed by atoms with van der Waals surface area (Å²) in [5, 5.41) is 0. The molecule has 2 aromatic carbocycles. The van der Waals surface area contributed by atoms with Gasteiger partial charge >= 0.3 is 0 Å². The lowest BCUT2D eigenvalue weighted by atomic mass is 10.0. The highest BCUT2D eigenvalue weighted by Crippen LogP contribution is 2.31. The summed E-state index contributed by atoms with van der Waals surface area (Å²) < 4.78 is 24.7. The van der Waals surface area contributed by atoms with Crippen molar-refractivity contribution in [2.24, 2.45) is 0 Å². The lowest BCUT2D eigenvalue weighted by molar-refractivity contribution is 0.0539. The van der Waals surface area contributed by atoms with Gasteiger partial charge in [0.1, 0.15) is 11.6 Å². The molecule has 0 radical (unpaired) electrons. The molecule has 5 heteroatoms. The third-order valence-corrected chi connectivity index (χ3v) is 4.70. The largest absolute Gasteiger partial charge is 0.496 e. The number of benzene rings is 2. The van der Waals surface area contributed by atoms with E-state index in [2.05, 4.69) is 0 Å². The van der Waals surface area contributed by atoms with E-state index in [1.807, 2.05) is 19.1 Å². The van der Waals surface area contributed by atoms with Gasteiger partial charge in [0.2, 0.25) is 0 Å². The number of hydrogen-bond acceptors (Lipinski definition) is 3. The third-order valence-electron chi connectivity index (χ3n) is 4.70. The highest BCUT2D eigenvalue weighted by Gasteiger charge is 2.22. The summed E-state index contributed by atoms with van der Waals surface area (Å²) in [5.74, 6) is 0.189. The molecule has 0 bridgehead atoms. The molecule has 1 amide bonds. The minimum Gasteiger partial charge on any atom is -0.496 e. The average molecular weight is 357 g/mol. The fourth-order valence-electron chi connectivity index (χ4n) is 3.30. The fourth-order valence-corrected chi connectivity index (χ4v) is 3.30. The van der Waals surface area contributed by atoms with E-state index in [1.54, 1.807) is 30.2 Å². The Balaban J connectivity index is 1.86. The Hall–Kier alpha value is -2.40. The number of hydrogen-bond donors (Lipinski definition) is 0. The smallest absolute Gasteiger partial charge is 0.253 e. The molecule has 0 aliphatic carbocycles. The second-order valence-electron chi connectivity index (χ2n) is 6.40. The monoisotopic (exact) mass is 357 g/mol. The molecule has 26 heavy (non-hydrogen) atoms. The summed E-state index contributed by atoms with van der Waals surface area (Å²) in [6.45, 7) is 3.95. The molecule has 2 aromatic rings. The lowest BCUT2D eigenvalue weighted by Crippen LogP contribution is -2.37. The van der Waals surface area contributed by atoms with Crippen LogP contribution >= 0.6 is 0 Å². The molecule has 1 atom stereocenters. The van der Waals surface area contributed by atoms with Gasteiger partial charge in [0.05, 0.1) is 13.2 Å². The molecular formula is C21H24FNO3. The zero-order chi connectivity index (χ0) is 18.5. The molecule has 1 aliphatic rings. The second-order valence-corrected chi connectivity index (χ2v) is 6.40. The van der Waals surface area contributed by atoms with E-state index in [-0.39, 0.29) is 17.8 Å². The number of methoxy groups -OCH3 is 1. The van der Waals surface area contributed by atoms with Gasteiger partial charge in [-0.1, -0.05) is 12.1 Å². The molecule has 4 nitrogen and oxygen atoms in total. The molecule has 138 valence electrons. The first-order chi connectivity index (χ1) is 12.6. The van der Waals surface area contributed by atoms with Gasteiger partial charge in [-0.15, -0.1) is 0 Å². The predicted octanol–water partition coefficient (Wildman–Crippen LogP) is 4.14. The van der Waals surface area contributed by atoms with E-state index in [1.165, 1.54) is 12.1 Å². The molecule has 1 saturated heterocycles. The summed E-state index contributed by atoms with van der Waals surface area (Å²) >= 11 is 0. The van der Waals surface area contributed by atoms with Crippen LogP contribution in [0.2, 0.25) is 0 Å². The van der Waals surface area contributed by atoms with Gasteiger partial charge in [0.15, 0.2) is 0 Å². The van der Waals surface area contributed by atoms with E-state index in [0.29, 0.717) is 30.0 Å². The Kier molecular flexibility index (Phi) is 5.89. The minimum atomic E-state index is -0.342. The molecular weight excluding hydrogens is 333 g/mol. The van der Waals surface area contributed by atoms with Crippen LogP contribution < -0.4 is 4.74 Å². The van der Waals surface area contributed by atoms with E-state index in [4.69, 9.17) is 9.47 Å². The van der Waals surface area contributed by atoms with Crippen molar-refractivity contribution in [1.82, 2.24) is 4.90 Å². The fraction of sp³-hybridized carbons (Fsp3) is 0.381. The van der Waals surface area contributed by atoms with Crippen LogP contribution in [0.3, 0.4) is 0 Å². The van der Waals surface area contributed by atoms with Crippen molar-refractivity contribution >= 4 is 5.91 Å². The van der Waals surface area contributed by atoms with Crippen molar-refractivity contribution in [3.8, 4) is 16.9 Å². The third kappa shape index (κ3) is 4.05. The summed E-state index contributed by atoms with van der Waals surface area (Å²) in [5.41, 5.74) is 1.96. The number of carbonyl (C=O) groups is 1. The molecule has 1 heterocycles. The van der Waals surface area contributed by atoms with E-state index in [9.17, 15) is 9.18 Å². The van der Waals surface area contributed by atoms with Gasteiger partial charge in [0, 0.05) is 30.8 Å². The molecule has 0 spiro atoms. The van der Waals surface area contributed by atoms with Gasteiger partial charge in [-0.05, 0) is 55.7 Å². The van der Waals surface area contributed by atoms with Crippen LogP contribution in [0.4, 0.5) is 4.39 Å². The summed E-state index contributed by atoms with van der Waals surface area (Å²) in [6.07, 6.45) is 2.15. The normalized spacial score (nSPS) is 16.5. The number of amides is 1. The predicted molar refractivity (Wildman–Crippen MR) is 98.9 cm³/mol. The van der Waals surface area contributed by atoms with Crippen LogP contribution in [0.1, 0.15) is 30.1 Å². The Morgan fingerprint density at radius 1 is 1.31 bits per heavy atom. The number of ether oxygens (including phenoxy) is 2. The van der Waals surface area contributed by atoms with Gasteiger partial charge < -0.3 is 14.4 Å². The van der Waals surface area contributed by atoms with Crippen LogP contribution in [-0.2, 0) is 4.74 Å². The van der Waals surface area contributed by atoms with E-state index < -0.39 is 0 Å². The van der Waals surface area contributed by atoms with Crippen molar-refractivity contribution in [2.45, 2.75) is 25.9 Å². The van der Waals surface area contributed by atoms with E-state index in [0.717, 1.165) is 25.0 Å². The van der Waals surface area contributed by atoms with Crippen LogP contribution in [0.5, 0.6) is 5.75 Å². The maximum absolute atomic E-state index is 13.7. The zero-order valence-corrected chi connectivity index (χ0v) is 15.2. The first kappa shape index (κ1) is 18.4. The van der Waals surface area contributed by atoms with Gasteiger partial charge in [-0.25, -0.2) is 4.39 Å². The molecule has 0 aromatic heterocycles. The molecule has 0 saturated carbocycles. The van der Waals surface area contributed by atoms with Crippen molar-refractivity contribution in [3.05, 3.63) is 53.8 Å². The standard InChI is InChI=1S/C21H24FNO3/c1-3-23(14-18-8-5-11-26-18)21(24)16-7-4-6-15(12-16)19-13-17(22)9-10-20(19)25-2/h4,6-7,9-10,12-13,18H,3,5,8,11,14H2,1-2H3. The summed E-state index contributed by atoms with van der Waals surface area (Å²) in [7, 11) is 1.55. The van der Waals surface area contributed by atoms with Crippen LogP contribution in [0, 0.1) is 5.82 Å². The molecule has 1 aliphatic heterocycles. The van der Waals surface area contributed by atoms with Crippen molar-refractivity contribution < 1.29 is 18.7 Å². The number of nitrogens with zero attached hydrogens (tertiary/aromatic N) is 1. The van der Waals surface area contributed by atoms with Gasteiger partial charge in [-0.2, -0.15) is 0 Å². The highest BCUT2D eigenvalue weighted by atomic mass is 19.1. The molecule has 1 unspecified atom stereocenters. The maximum Gasteiger partial charge on any atom is 0.253 e. The van der Waals surface area contributed by atoms with E-state index >= 15 is 0 Å². The molecule has 3 rings (SSSR count). The molecule has 0 N–H and O–H groups in total. The SMILES string of the molecule is CCN(CC1CCCO1)C(=O)c1cccc(-c2cc(F)ccc2OC)c1. The van der Waals surface area contributed by atoms with Crippen LogP contribution in [0.15, 0.2) is 42.5 Å². The topological polar surface area (TPSA) is 38.8 Å². The highest BCUT2D eigenvalue weighted by molar-refractivity contribution is 5.95. The number of rotatable bonds is 6. The van der Waals surface area contributed by atoms with Crippen molar-refractivity contribution in [2.75, 3.05) is 26.8 Å². The van der Waals surface area contributed by atoms with Gasteiger partial charge in [0.25, 0.3) is 5.91 Å². The Bertz CT molecular complexity index is 772. The second kappa shape index (κ2) is 8.32. The number of carbonyl (C=O) groups excluding carboxylic acids is 1. The Morgan fingerprint density at radius 3 is 2.85 bits per heavy atom. The Morgan fingerprint density at radius 2 is 2.15 bits per heavy atom. The summed E-state index contributed by atoms with van der Waals surface area (Å²) in [6, 6.07) is 11.6. The summed E-state index contributed by atoms with van der Waals surface area (Å²) in [4.78, 5) is 14.7. The molecule has 1 fully saturated rings. The quantitative estimate of drug-likeness (QED) is 0.780. The minimum absolute atomic E-state index is 0.0415. The van der Waals surface area contributed by atoms with Crippen molar-refractivity contribution in [1.29, 1.82) is 0 Å².